The van der Waals surface area contributed by atoms with Crippen LogP contribution in [0.15, 0.2) is 42.6 Å². The monoisotopic (exact) mass is 283 g/mol. The highest BCUT2D eigenvalue weighted by Gasteiger charge is 2.43. The SMILES string of the molecule is COc1ccnc(CNC(=O)[C@H]2C[C@@H]2c2ccccc2)n1. The summed E-state index contributed by atoms with van der Waals surface area (Å²) in [5.74, 6) is 1.54. The molecule has 21 heavy (non-hydrogen) atoms. The van der Waals surface area contributed by atoms with E-state index in [9.17, 15) is 4.79 Å². The van der Waals surface area contributed by atoms with Gasteiger partial charge in [-0.05, 0) is 17.9 Å². The second kappa shape index (κ2) is 5.91. The van der Waals surface area contributed by atoms with Gasteiger partial charge < -0.3 is 10.1 Å². The Hall–Kier alpha value is -2.43. The summed E-state index contributed by atoms with van der Waals surface area (Å²) in [6.45, 7) is 0.327. The molecule has 0 bridgehead atoms. The van der Waals surface area contributed by atoms with Gasteiger partial charge in [0.25, 0.3) is 0 Å². The van der Waals surface area contributed by atoms with Gasteiger partial charge in [0.05, 0.1) is 13.7 Å². The molecule has 0 radical (unpaired) electrons. The predicted molar refractivity (Wildman–Crippen MR) is 77.7 cm³/mol. The van der Waals surface area contributed by atoms with Crippen molar-refractivity contribution < 1.29 is 9.53 Å². The molecular weight excluding hydrogens is 266 g/mol. The molecule has 0 saturated heterocycles. The molecule has 1 fully saturated rings. The molecular formula is C16H17N3O2. The summed E-state index contributed by atoms with van der Waals surface area (Å²) in [6, 6.07) is 11.8. The number of carbonyl (C=O) groups excluding carboxylic acids is 1. The molecule has 2 atom stereocenters. The largest absolute Gasteiger partial charge is 0.481 e. The summed E-state index contributed by atoms with van der Waals surface area (Å²) in [5.41, 5.74) is 1.23. The van der Waals surface area contributed by atoms with Gasteiger partial charge in [0, 0.05) is 18.2 Å². The highest BCUT2D eigenvalue weighted by molar-refractivity contribution is 5.82. The van der Waals surface area contributed by atoms with Crippen molar-refractivity contribution in [2.45, 2.75) is 18.9 Å². The van der Waals surface area contributed by atoms with E-state index in [1.54, 1.807) is 19.4 Å². The van der Waals surface area contributed by atoms with Crippen molar-refractivity contribution in [2.75, 3.05) is 7.11 Å². The maximum absolute atomic E-state index is 12.1. The van der Waals surface area contributed by atoms with Crippen molar-refractivity contribution in [1.82, 2.24) is 15.3 Å². The Labute approximate surface area is 123 Å². The molecule has 0 spiro atoms. The summed E-state index contributed by atoms with van der Waals surface area (Å²) < 4.78 is 5.03. The molecule has 1 heterocycles. The number of nitrogens with one attached hydrogen (secondary N) is 1. The predicted octanol–water partition coefficient (Wildman–Crippen LogP) is 1.91. The van der Waals surface area contributed by atoms with Gasteiger partial charge in [-0.1, -0.05) is 30.3 Å². The smallest absolute Gasteiger partial charge is 0.224 e. The van der Waals surface area contributed by atoms with E-state index in [4.69, 9.17) is 4.74 Å². The summed E-state index contributed by atoms with van der Waals surface area (Å²) in [6.07, 6.45) is 2.53. The molecule has 1 N–H and O–H groups in total. The molecule has 0 unspecified atom stereocenters. The van der Waals surface area contributed by atoms with Crippen LogP contribution >= 0.6 is 0 Å². The number of amides is 1. The van der Waals surface area contributed by atoms with Gasteiger partial charge in [-0.2, -0.15) is 4.98 Å². The van der Waals surface area contributed by atoms with Crippen molar-refractivity contribution in [3.05, 3.63) is 54.0 Å². The lowest BCUT2D eigenvalue weighted by atomic mass is 10.1. The van der Waals surface area contributed by atoms with Crippen LogP contribution < -0.4 is 10.1 Å². The number of carbonyl (C=O) groups is 1. The summed E-state index contributed by atoms with van der Waals surface area (Å²) >= 11 is 0. The van der Waals surface area contributed by atoms with E-state index in [1.807, 2.05) is 18.2 Å². The van der Waals surface area contributed by atoms with Gasteiger partial charge in [-0.25, -0.2) is 4.98 Å². The van der Waals surface area contributed by atoms with Crippen LogP contribution in [-0.4, -0.2) is 23.0 Å². The third-order valence-electron chi connectivity index (χ3n) is 3.66. The molecule has 2 aromatic rings. The van der Waals surface area contributed by atoms with Gasteiger partial charge in [0.1, 0.15) is 0 Å². The standard InChI is InChI=1S/C16H17N3O2/c1-21-15-7-8-17-14(19-15)10-18-16(20)13-9-12(13)11-5-3-2-4-6-11/h2-8,12-13H,9-10H2,1H3,(H,18,20)/t12-,13+/m1/s1. The molecule has 1 amide bonds. The van der Waals surface area contributed by atoms with E-state index in [2.05, 4.69) is 27.4 Å². The lowest BCUT2D eigenvalue weighted by Gasteiger charge is -2.05. The number of ether oxygens (including phenoxy) is 1. The molecule has 108 valence electrons. The molecule has 1 aliphatic rings. The van der Waals surface area contributed by atoms with Crippen LogP contribution in [-0.2, 0) is 11.3 Å². The van der Waals surface area contributed by atoms with Crippen molar-refractivity contribution in [3.63, 3.8) is 0 Å². The van der Waals surface area contributed by atoms with Crippen molar-refractivity contribution in [2.24, 2.45) is 5.92 Å². The van der Waals surface area contributed by atoms with E-state index >= 15 is 0 Å². The first-order valence-electron chi connectivity index (χ1n) is 6.96. The Kier molecular flexibility index (Phi) is 3.81. The number of rotatable bonds is 5. The topological polar surface area (TPSA) is 64.1 Å². The van der Waals surface area contributed by atoms with E-state index < -0.39 is 0 Å². The lowest BCUT2D eigenvalue weighted by Crippen LogP contribution is -2.25. The molecule has 5 heteroatoms. The zero-order valence-electron chi connectivity index (χ0n) is 11.8. The van der Waals surface area contributed by atoms with Gasteiger partial charge >= 0.3 is 0 Å². The Balaban J connectivity index is 1.54. The molecule has 0 aliphatic heterocycles. The second-order valence-corrected chi connectivity index (χ2v) is 5.09. The molecule has 1 saturated carbocycles. The Morgan fingerprint density at radius 3 is 2.90 bits per heavy atom. The van der Waals surface area contributed by atoms with Crippen molar-refractivity contribution in [3.8, 4) is 5.88 Å². The Morgan fingerprint density at radius 1 is 1.33 bits per heavy atom. The highest BCUT2D eigenvalue weighted by Crippen LogP contribution is 2.47. The lowest BCUT2D eigenvalue weighted by molar-refractivity contribution is -0.122. The quantitative estimate of drug-likeness (QED) is 0.910. The third-order valence-corrected chi connectivity index (χ3v) is 3.66. The van der Waals surface area contributed by atoms with Crippen LogP contribution in [0.5, 0.6) is 5.88 Å². The minimum atomic E-state index is 0.0651. The van der Waals surface area contributed by atoms with Crippen LogP contribution in [0.2, 0.25) is 0 Å². The van der Waals surface area contributed by atoms with Crippen LogP contribution in [0.1, 0.15) is 23.7 Å². The fraction of sp³-hybridized carbons (Fsp3) is 0.312. The third kappa shape index (κ3) is 3.18. The average Bonchev–Trinajstić information content (AvgIpc) is 3.34. The van der Waals surface area contributed by atoms with E-state index in [0.717, 1.165) is 6.42 Å². The molecule has 5 nitrogen and oxygen atoms in total. The maximum atomic E-state index is 12.1. The number of methoxy groups -OCH3 is 1. The number of benzene rings is 1. The van der Waals surface area contributed by atoms with Crippen molar-refractivity contribution >= 4 is 5.91 Å². The number of aromatic nitrogens is 2. The van der Waals surface area contributed by atoms with Gasteiger partial charge in [-0.15, -0.1) is 0 Å². The van der Waals surface area contributed by atoms with Gasteiger partial charge in [-0.3, -0.25) is 4.79 Å². The fourth-order valence-corrected chi connectivity index (χ4v) is 2.43. The zero-order valence-corrected chi connectivity index (χ0v) is 11.8. The minimum Gasteiger partial charge on any atom is -0.481 e. The fourth-order valence-electron chi connectivity index (χ4n) is 2.43. The first-order chi connectivity index (χ1) is 10.3. The maximum Gasteiger partial charge on any atom is 0.224 e. The second-order valence-electron chi connectivity index (χ2n) is 5.09. The first-order valence-corrected chi connectivity index (χ1v) is 6.96. The van der Waals surface area contributed by atoms with E-state index in [1.165, 1.54) is 5.56 Å². The molecule has 1 aromatic heterocycles. The highest BCUT2D eigenvalue weighted by atomic mass is 16.5. The minimum absolute atomic E-state index is 0.0651. The molecule has 1 aliphatic carbocycles. The van der Waals surface area contributed by atoms with Gasteiger partial charge in [0.15, 0.2) is 5.82 Å². The first kappa shape index (κ1) is 13.5. The van der Waals surface area contributed by atoms with Crippen LogP contribution in [0.3, 0.4) is 0 Å². The van der Waals surface area contributed by atoms with Crippen LogP contribution in [0.4, 0.5) is 0 Å². The number of hydrogen-bond acceptors (Lipinski definition) is 4. The number of hydrogen-bond donors (Lipinski definition) is 1. The normalized spacial score (nSPS) is 19.9. The molecule has 3 rings (SSSR count). The average molecular weight is 283 g/mol. The Bertz CT molecular complexity index is 630. The zero-order chi connectivity index (χ0) is 14.7. The Morgan fingerprint density at radius 2 is 2.14 bits per heavy atom. The van der Waals surface area contributed by atoms with E-state index in [0.29, 0.717) is 24.2 Å². The van der Waals surface area contributed by atoms with Crippen LogP contribution in [0, 0.1) is 5.92 Å². The number of nitrogens with zero attached hydrogens (tertiary/aromatic N) is 2. The summed E-state index contributed by atoms with van der Waals surface area (Å²) in [5, 5.41) is 2.89. The summed E-state index contributed by atoms with van der Waals surface area (Å²) in [7, 11) is 1.55. The molecule has 1 aromatic carbocycles. The van der Waals surface area contributed by atoms with Gasteiger partial charge in [0.2, 0.25) is 11.8 Å². The summed E-state index contributed by atoms with van der Waals surface area (Å²) in [4.78, 5) is 20.4. The van der Waals surface area contributed by atoms with Crippen molar-refractivity contribution in [1.29, 1.82) is 0 Å². The van der Waals surface area contributed by atoms with E-state index in [-0.39, 0.29) is 11.8 Å². The van der Waals surface area contributed by atoms with Crippen LogP contribution in [0.25, 0.3) is 0 Å².